The van der Waals surface area contributed by atoms with Crippen molar-refractivity contribution >= 4 is 6.09 Å². The Morgan fingerprint density at radius 1 is 0.833 bits per heavy atom. The number of piperidine rings is 2. The standard InChI is InChI=1S/C20H27NO2.C18H25N/c1-3-23-19(22)21-11-10-20-9-5-4-6-16(20)18(21)13-15-8-7-14(2)12-17(15)20;1-13-6-7-14-12-17-15-5-3-4-8-18(15,16(14)11-13)9-10-19(17)2/h7-8,12,16,18H,3-6,9-11,13H2,1-2H3;6-7,11,15,17H,3-5,8-10,12H2,1-2H3/t16-,18+,20+;15-,17+,18+/m11/s1/i;2D3. The van der Waals surface area contributed by atoms with E-state index in [0.717, 1.165) is 38.8 Å². The van der Waals surface area contributed by atoms with Crippen molar-refractivity contribution in [2.75, 3.05) is 26.7 Å². The number of likely N-dealkylation sites (tertiary alicyclic amines) is 2. The summed E-state index contributed by atoms with van der Waals surface area (Å²) in [6.45, 7) is 6.38. The number of carbonyl (C=O) groups is 1. The van der Waals surface area contributed by atoms with Gasteiger partial charge in [0, 0.05) is 33.6 Å². The Hall–Kier alpha value is -2.33. The highest BCUT2D eigenvalue weighted by molar-refractivity contribution is 5.69. The zero-order chi connectivity index (χ0) is 31.6. The van der Waals surface area contributed by atoms with E-state index in [-0.39, 0.29) is 17.6 Å². The van der Waals surface area contributed by atoms with Crippen molar-refractivity contribution in [1.82, 2.24) is 9.80 Å². The molecule has 4 heteroatoms. The first-order chi connectivity index (χ1) is 21.6. The Labute approximate surface area is 258 Å². The van der Waals surface area contributed by atoms with E-state index >= 15 is 0 Å². The zero-order valence-electron chi connectivity index (χ0n) is 29.1. The van der Waals surface area contributed by atoms with E-state index in [4.69, 9.17) is 8.85 Å². The lowest BCUT2D eigenvalue weighted by Crippen LogP contribution is -2.62. The lowest BCUT2D eigenvalue weighted by Gasteiger charge is -2.58. The molecule has 4 fully saturated rings. The van der Waals surface area contributed by atoms with E-state index in [0.29, 0.717) is 29.9 Å². The number of nitrogens with zero attached hydrogens (tertiary/aromatic N) is 2. The van der Waals surface area contributed by atoms with Crippen LogP contribution in [0, 0.1) is 25.7 Å². The highest BCUT2D eigenvalue weighted by Crippen LogP contribution is 2.57. The fourth-order valence-electron chi connectivity index (χ4n) is 10.7. The number of benzene rings is 2. The second-order valence-electron chi connectivity index (χ2n) is 14.5. The summed E-state index contributed by atoms with van der Waals surface area (Å²) in [5.74, 6) is 1.15. The molecule has 226 valence electrons. The summed E-state index contributed by atoms with van der Waals surface area (Å²) in [5.41, 5.74) is 9.30. The second kappa shape index (κ2) is 11.0. The van der Waals surface area contributed by atoms with Crippen LogP contribution in [0.1, 0.15) is 109 Å². The molecule has 1 amide bonds. The summed E-state index contributed by atoms with van der Waals surface area (Å²) in [6, 6.07) is 14.3. The fraction of sp³-hybridized carbons (Fsp3) is 0.658. The van der Waals surface area contributed by atoms with Crippen molar-refractivity contribution in [2.45, 2.75) is 121 Å². The Kier molecular flexibility index (Phi) is 6.55. The smallest absolute Gasteiger partial charge is 0.410 e. The molecule has 4 bridgehead atoms. The molecule has 6 aliphatic rings. The summed E-state index contributed by atoms with van der Waals surface area (Å²) in [7, 11) is 0. The Bertz CT molecular complexity index is 1440. The van der Waals surface area contributed by atoms with Gasteiger partial charge in [-0.25, -0.2) is 4.79 Å². The number of amides is 1. The molecule has 2 heterocycles. The topological polar surface area (TPSA) is 32.8 Å². The lowest BCUT2D eigenvalue weighted by molar-refractivity contribution is -0.0109. The Balaban J connectivity index is 0.000000145. The molecule has 0 N–H and O–H groups in total. The third-order valence-corrected chi connectivity index (χ3v) is 12.5. The summed E-state index contributed by atoms with van der Waals surface area (Å²) in [5, 5.41) is 0. The molecular weight excluding hydrogens is 516 g/mol. The number of likely N-dealkylation sites (N-methyl/N-ethyl adjacent to an activating group) is 1. The first-order valence-corrected chi connectivity index (χ1v) is 17.0. The number of hydrogen-bond acceptors (Lipinski definition) is 3. The van der Waals surface area contributed by atoms with Crippen LogP contribution >= 0.6 is 0 Å². The SMILES string of the molecule is CCOC(=O)N1CC[C@@]23CCCC[C@@H]2[C@@H]1Cc1ccc(C)cc13.[2H]C([2H])([2H])N1CC[C@@]23CCCC[C@@H]2[C@@H]1Cc1ccc(C)cc13. The minimum atomic E-state index is -1.95. The van der Waals surface area contributed by atoms with Gasteiger partial charge in [-0.1, -0.05) is 73.2 Å². The molecule has 0 unspecified atom stereocenters. The molecule has 8 rings (SSSR count). The summed E-state index contributed by atoms with van der Waals surface area (Å²) in [6.07, 6.45) is 14.1. The molecule has 2 saturated carbocycles. The van der Waals surface area contributed by atoms with Crippen LogP contribution in [-0.4, -0.2) is 54.6 Å². The van der Waals surface area contributed by atoms with Crippen LogP contribution in [0.15, 0.2) is 36.4 Å². The summed E-state index contributed by atoms with van der Waals surface area (Å²) in [4.78, 5) is 16.3. The van der Waals surface area contributed by atoms with E-state index in [1.54, 1.807) is 11.1 Å². The highest BCUT2D eigenvalue weighted by Gasteiger charge is 2.55. The van der Waals surface area contributed by atoms with Crippen LogP contribution in [0.2, 0.25) is 0 Å². The second-order valence-corrected chi connectivity index (χ2v) is 14.5. The van der Waals surface area contributed by atoms with Gasteiger partial charge in [-0.2, -0.15) is 0 Å². The number of carbonyl (C=O) groups excluding carboxylic acids is 1. The van der Waals surface area contributed by atoms with E-state index in [1.807, 2.05) is 16.7 Å². The van der Waals surface area contributed by atoms with Gasteiger partial charge in [0.2, 0.25) is 0 Å². The van der Waals surface area contributed by atoms with Gasteiger partial charge >= 0.3 is 6.09 Å². The third-order valence-electron chi connectivity index (χ3n) is 12.5. The van der Waals surface area contributed by atoms with Crippen LogP contribution in [0.5, 0.6) is 0 Å². The van der Waals surface area contributed by atoms with E-state index in [1.165, 1.54) is 73.6 Å². The van der Waals surface area contributed by atoms with Gasteiger partial charge in [0.25, 0.3) is 0 Å². The minimum absolute atomic E-state index is 0.104. The number of fused-ring (bicyclic) bond motifs is 2. The molecule has 42 heavy (non-hydrogen) atoms. The number of hydrogen-bond donors (Lipinski definition) is 0. The van der Waals surface area contributed by atoms with E-state index < -0.39 is 6.98 Å². The molecule has 6 atom stereocenters. The molecular formula is C38H52N2O2. The predicted octanol–water partition coefficient (Wildman–Crippen LogP) is 7.89. The van der Waals surface area contributed by atoms with Gasteiger partial charge in [0.15, 0.2) is 0 Å². The van der Waals surface area contributed by atoms with Crippen molar-refractivity contribution in [3.63, 3.8) is 0 Å². The molecule has 2 aromatic carbocycles. The quantitative estimate of drug-likeness (QED) is 0.349. The first-order valence-electron chi connectivity index (χ1n) is 18.5. The maximum atomic E-state index is 12.4. The van der Waals surface area contributed by atoms with Crippen molar-refractivity contribution in [3.05, 3.63) is 69.8 Å². The summed E-state index contributed by atoms with van der Waals surface area (Å²) < 4.78 is 29.1. The van der Waals surface area contributed by atoms with E-state index in [2.05, 4.69) is 50.2 Å². The molecule has 0 spiro atoms. The van der Waals surface area contributed by atoms with Crippen molar-refractivity contribution < 1.29 is 13.6 Å². The van der Waals surface area contributed by atoms with Gasteiger partial charge in [0.05, 0.1) is 6.61 Å². The van der Waals surface area contributed by atoms with Gasteiger partial charge in [0.1, 0.15) is 0 Å². The fourth-order valence-corrected chi connectivity index (χ4v) is 10.7. The normalized spacial score (nSPS) is 35.9. The molecule has 2 aromatic rings. The minimum Gasteiger partial charge on any atom is -0.450 e. The molecule has 2 saturated heterocycles. The van der Waals surface area contributed by atoms with Crippen LogP contribution < -0.4 is 0 Å². The van der Waals surface area contributed by atoms with Crippen LogP contribution in [0.4, 0.5) is 4.79 Å². The van der Waals surface area contributed by atoms with Gasteiger partial charge < -0.3 is 14.5 Å². The van der Waals surface area contributed by atoms with Crippen LogP contribution in [0.25, 0.3) is 0 Å². The molecule has 0 aromatic heterocycles. The van der Waals surface area contributed by atoms with E-state index in [9.17, 15) is 4.79 Å². The largest absolute Gasteiger partial charge is 0.450 e. The molecule has 2 aliphatic heterocycles. The maximum Gasteiger partial charge on any atom is 0.410 e. The Morgan fingerprint density at radius 3 is 2.00 bits per heavy atom. The first kappa shape index (κ1) is 25.0. The maximum absolute atomic E-state index is 12.4. The Morgan fingerprint density at radius 2 is 1.40 bits per heavy atom. The molecule has 4 aliphatic carbocycles. The van der Waals surface area contributed by atoms with Gasteiger partial charge in [-0.05, 0) is 120 Å². The number of rotatable bonds is 1. The zero-order valence-corrected chi connectivity index (χ0v) is 26.1. The van der Waals surface area contributed by atoms with Crippen LogP contribution in [0.3, 0.4) is 0 Å². The molecule has 0 radical (unpaired) electrons. The van der Waals surface area contributed by atoms with Gasteiger partial charge in [-0.3, -0.25) is 0 Å². The third kappa shape index (κ3) is 4.45. The van der Waals surface area contributed by atoms with Crippen molar-refractivity contribution in [1.29, 1.82) is 0 Å². The summed E-state index contributed by atoms with van der Waals surface area (Å²) >= 11 is 0. The average molecular weight is 572 g/mol. The number of aryl methyl sites for hydroxylation is 2. The highest BCUT2D eigenvalue weighted by atomic mass is 16.6. The van der Waals surface area contributed by atoms with Crippen molar-refractivity contribution in [3.8, 4) is 0 Å². The monoisotopic (exact) mass is 571 g/mol. The average Bonchev–Trinajstić information content (AvgIpc) is 3.01. The lowest BCUT2D eigenvalue weighted by atomic mass is 9.52. The van der Waals surface area contributed by atoms with Crippen molar-refractivity contribution in [2.24, 2.45) is 11.8 Å². The predicted molar refractivity (Wildman–Crippen MR) is 170 cm³/mol. The van der Waals surface area contributed by atoms with Gasteiger partial charge in [-0.15, -0.1) is 0 Å². The molecule has 4 nitrogen and oxygen atoms in total. The number of ether oxygens (including phenoxy) is 1. The van der Waals surface area contributed by atoms with Crippen LogP contribution in [-0.2, 0) is 28.4 Å².